The Hall–Kier alpha value is -2.59. The molecule has 7 heteroatoms. The number of fused-ring (bicyclic) bond motifs is 1. The number of aromatic amines is 1. The summed E-state index contributed by atoms with van der Waals surface area (Å²) in [6.45, 7) is 2.94. The van der Waals surface area contributed by atoms with Crippen molar-refractivity contribution >= 4 is 17.2 Å². The quantitative estimate of drug-likeness (QED) is 0.604. The standard InChI is InChI=1S/C15H19N5O2/c1-4-5-10-20-11(8-6-7-9-16-2)17-13-12(20)14(21)18-15(22)19(13)3/h6,8,16H,7,9-10H2,1-3H3,(H,18,21,22). The first-order valence-electron chi connectivity index (χ1n) is 7.00. The van der Waals surface area contributed by atoms with Crippen LogP contribution in [0, 0.1) is 11.8 Å². The van der Waals surface area contributed by atoms with Gasteiger partial charge in [-0.3, -0.25) is 14.3 Å². The van der Waals surface area contributed by atoms with E-state index in [0.717, 1.165) is 13.0 Å². The Kier molecular flexibility index (Phi) is 4.96. The Labute approximate surface area is 127 Å². The van der Waals surface area contributed by atoms with Gasteiger partial charge >= 0.3 is 5.69 Å². The maximum atomic E-state index is 12.1. The minimum atomic E-state index is -0.477. The molecule has 22 heavy (non-hydrogen) atoms. The zero-order valence-corrected chi connectivity index (χ0v) is 12.9. The smallest absolute Gasteiger partial charge is 0.319 e. The van der Waals surface area contributed by atoms with Gasteiger partial charge in [0.1, 0.15) is 5.82 Å². The summed E-state index contributed by atoms with van der Waals surface area (Å²) >= 11 is 0. The maximum Gasteiger partial charge on any atom is 0.329 e. The van der Waals surface area contributed by atoms with Gasteiger partial charge in [0.05, 0.1) is 6.54 Å². The van der Waals surface area contributed by atoms with E-state index in [9.17, 15) is 9.59 Å². The molecular weight excluding hydrogens is 282 g/mol. The summed E-state index contributed by atoms with van der Waals surface area (Å²) in [7, 11) is 3.47. The van der Waals surface area contributed by atoms with E-state index in [1.807, 2.05) is 19.2 Å². The lowest BCUT2D eigenvalue weighted by Crippen LogP contribution is -2.29. The number of hydrogen-bond donors (Lipinski definition) is 2. The molecule has 0 unspecified atom stereocenters. The molecule has 0 saturated heterocycles. The summed E-state index contributed by atoms with van der Waals surface area (Å²) < 4.78 is 3.05. The van der Waals surface area contributed by atoms with Crippen molar-refractivity contribution in [3.8, 4) is 11.8 Å². The van der Waals surface area contributed by atoms with E-state index in [0.29, 0.717) is 23.5 Å². The average Bonchev–Trinajstić information content (AvgIpc) is 2.86. The highest BCUT2D eigenvalue weighted by Gasteiger charge is 2.14. The molecule has 0 aliphatic carbocycles. The molecule has 0 atom stereocenters. The Morgan fingerprint density at radius 1 is 1.41 bits per heavy atom. The summed E-state index contributed by atoms with van der Waals surface area (Å²) in [6, 6.07) is 0. The van der Waals surface area contributed by atoms with Crippen molar-refractivity contribution < 1.29 is 0 Å². The minimum absolute atomic E-state index is 0.347. The van der Waals surface area contributed by atoms with Crippen LogP contribution in [0.1, 0.15) is 19.2 Å². The molecular formula is C15H19N5O2. The second-order valence-electron chi connectivity index (χ2n) is 4.77. The molecule has 0 bridgehead atoms. The van der Waals surface area contributed by atoms with Crippen molar-refractivity contribution in [1.29, 1.82) is 0 Å². The molecule has 2 aromatic heterocycles. The Bertz CT molecular complexity index is 873. The van der Waals surface area contributed by atoms with Gasteiger partial charge in [-0.15, -0.1) is 5.92 Å². The molecule has 0 fully saturated rings. The van der Waals surface area contributed by atoms with Gasteiger partial charge in [-0.05, 0) is 33.0 Å². The molecule has 116 valence electrons. The predicted molar refractivity (Wildman–Crippen MR) is 86.6 cm³/mol. The van der Waals surface area contributed by atoms with Crippen LogP contribution in [0.15, 0.2) is 15.7 Å². The lowest BCUT2D eigenvalue weighted by Gasteiger charge is -2.01. The van der Waals surface area contributed by atoms with Gasteiger partial charge in [0, 0.05) is 7.05 Å². The first kappa shape index (κ1) is 15.8. The molecule has 2 N–H and O–H groups in total. The fourth-order valence-corrected chi connectivity index (χ4v) is 2.11. The van der Waals surface area contributed by atoms with E-state index in [1.54, 1.807) is 18.5 Å². The molecule has 0 saturated carbocycles. The fourth-order valence-electron chi connectivity index (χ4n) is 2.11. The van der Waals surface area contributed by atoms with E-state index in [-0.39, 0.29) is 0 Å². The number of nitrogens with zero attached hydrogens (tertiary/aromatic N) is 3. The fraction of sp³-hybridized carbons (Fsp3) is 0.400. The van der Waals surface area contributed by atoms with E-state index >= 15 is 0 Å². The topological polar surface area (TPSA) is 84.7 Å². The van der Waals surface area contributed by atoms with Crippen LogP contribution >= 0.6 is 0 Å². The number of hydrogen-bond acceptors (Lipinski definition) is 4. The lowest BCUT2D eigenvalue weighted by molar-refractivity contribution is 0.807. The Morgan fingerprint density at radius 3 is 2.86 bits per heavy atom. The van der Waals surface area contributed by atoms with Gasteiger partial charge in [-0.2, -0.15) is 0 Å². The molecule has 2 rings (SSSR count). The summed E-state index contributed by atoms with van der Waals surface area (Å²) in [5, 5.41) is 3.05. The zero-order valence-electron chi connectivity index (χ0n) is 12.9. The third-order valence-corrected chi connectivity index (χ3v) is 3.28. The lowest BCUT2D eigenvalue weighted by atomic mass is 10.3. The van der Waals surface area contributed by atoms with E-state index in [4.69, 9.17) is 0 Å². The van der Waals surface area contributed by atoms with Crippen molar-refractivity contribution in [2.45, 2.75) is 19.9 Å². The number of aromatic nitrogens is 4. The molecule has 0 amide bonds. The predicted octanol–water partition coefficient (Wildman–Crippen LogP) is 0.0693. The first-order chi connectivity index (χ1) is 10.6. The molecule has 0 aromatic carbocycles. The number of rotatable bonds is 5. The van der Waals surface area contributed by atoms with Crippen LogP contribution in [0.2, 0.25) is 0 Å². The zero-order chi connectivity index (χ0) is 16.1. The van der Waals surface area contributed by atoms with Crippen LogP contribution in [-0.4, -0.2) is 32.7 Å². The normalized spacial score (nSPS) is 11.0. The molecule has 0 aliphatic heterocycles. The second kappa shape index (κ2) is 6.91. The monoisotopic (exact) mass is 301 g/mol. The molecule has 2 aromatic rings. The second-order valence-corrected chi connectivity index (χ2v) is 4.77. The van der Waals surface area contributed by atoms with Gasteiger partial charge < -0.3 is 9.88 Å². The summed E-state index contributed by atoms with van der Waals surface area (Å²) in [4.78, 5) is 30.5. The number of H-pyrrole nitrogens is 1. The van der Waals surface area contributed by atoms with Gasteiger partial charge in [0.25, 0.3) is 5.56 Å². The SMILES string of the molecule is CC#CCn1c(C=CCCNC)nc2c1c(=O)[nH]c(=O)n2C. The summed E-state index contributed by atoms with van der Waals surface area (Å²) in [6.07, 6.45) is 4.66. The maximum absolute atomic E-state index is 12.1. The first-order valence-corrected chi connectivity index (χ1v) is 7.00. The van der Waals surface area contributed by atoms with Crippen molar-refractivity contribution in [2.75, 3.05) is 13.6 Å². The third kappa shape index (κ3) is 3.02. The van der Waals surface area contributed by atoms with Crippen molar-refractivity contribution in [3.05, 3.63) is 32.7 Å². The van der Waals surface area contributed by atoms with Crippen LogP contribution in [0.5, 0.6) is 0 Å². The highest BCUT2D eigenvalue weighted by molar-refractivity contribution is 5.73. The number of imidazole rings is 1. The number of aryl methyl sites for hydroxylation is 1. The van der Waals surface area contributed by atoms with E-state index in [2.05, 4.69) is 27.1 Å². The number of nitrogens with one attached hydrogen (secondary N) is 2. The van der Waals surface area contributed by atoms with Crippen molar-refractivity contribution in [1.82, 2.24) is 24.4 Å². The van der Waals surface area contributed by atoms with Crippen molar-refractivity contribution in [3.63, 3.8) is 0 Å². The summed E-state index contributed by atoms with van der Waals surface area (Å²) in [5.74, 6) is 6.35. The molecule has 7 nitrogen and oxygen atoms in total. The van der Waals surface area contributed by atoms with Crippen LogP contribution in [0.25, 0.3) is 17.2 Å². The highest BCUT2D eigenvalue weighted by atomic mass is 16.2. The van der Waals surface area contributed by atoms with Gasteiger partial charge in [0.2, 0.25) is 0 Å². The van der Waals surface area contributed by atoms with Gasteiger partial charge in [-0.1, -0.05) is 12.0 Å². The largest absolute Gasteiger partial charge is 0.329 e. The molecule has 0 aliphatic rings. The van der Waals surface area contributed by atoms with E-state index < -0.39 is 11.2 Å². The Morgan fingerprint density at radius 2 is 2.18 bits per heavy atom. The highest BCUT2D eigenvalue weighted by Crippen LogP contribution is 2.12. The molecule has 2 heterocycles. The molecule has 0 radical (unpaired) electrons. The van der Waals surface area contributed by atoms with Crippen LogP contribution in [-0.2, 0) is 13.6 Å². The van der Waals surface area contributed by atoms with Crippen LogP contribution in [0.3, 0.4) is 0 Å². The van der Waals surface area contributed by atoms with Crippen LogP contribution < -0.4 is 16.6 Å². The Balaban J connectivity index is 2.63. The average molecular weight is 301 g/mol. The minimum Gasteiger partial charge on any atom is -0.319 e. The molecule has 0 spiro atoms. The van der Waals surface area contributed by atoms with Crippen LogP contribution in [0.4, 0.5) is 0 Å². The van der Waals surface area contributed by atoms with Gasteiger partial charge in [-0.25, -0.2) is 9.78 Å². The van der Waals surface area contributed by atoms with Crippen molar-refractivity contribution in [2.24, 2.45) is 7.05 Å². The van der Waals surface area contributed by atoms with E-state index in [1.165, 1.54) is 4.57 Å². The summed E-state index contributed by atoms with van der Waals surface area (Å²) in [5.41, 5.74) is -0.203. The third-order valence-electron chi connectivity index (χ3n) is 3.28. The van der Waals surface area contributed by atoms with Gasteiger partial charge in [0.15, 0.2) is 11.2 Å².